The highest BCUT2D eigenvalue weighted by Crippen LogP contribution is 2.18. The second kappa shape index (κ2) is 70.3. The largest absolute Gasteiger partial charge is 0.462 e. The molecule has 6 nitrogen and oxygen atoms in total. The van der Waals surface area contributed by atoms with Gasteiger partial charge in [-0.05, 0) is 83.5 Å². The molecule has 0 bridgehead atoms. The van der Waals surface area contributed by atoms with Crippen molar-refractivity contribution in [2.75, 3.05) is 13.2 Å². The van der Waals surface area contributed by atoms with Crippen LogP contribution in [-0.2, 0) is 28.6 Å². The van der Waals surface area contributed by atoms with Gasteiger partial charge in [0.2, 0.25) is 0 Å². The fourth-order valence-corrected chi connectivity index (χ4v) is 10.6. The molecule has 1 unspecified atom stereocenters. The van der Waals surface area contributed by atoms with Crippen molar-refractivity contribution in [3.05, 3.63) is 72.9 Å². The van der Waals surface area contributed by atoms with Crippen LogP contribution in [0.3, 0.4) is 0 Å². The maximum atomic E-state index is 12.9. The zero-order chi connectivity index (χ0) is 59.2. The summed E-state index contributed by atoms with van der Waals surface area (Å²) in [6.07, 6.45) is 92.4. The van der Waals surface area contributed by atoms with Crippen LogP contribution in [-0.4, -0.2) is 37.2 Å². The molecule has 1 atom stereocenters. The van der Waals surface area contributed by atoms with Crippen molar-refractivity contribution in [3.8, 4) is 0 Å². The Labute approximate surface area is 510 Å². The van der Waals surface area contributed by atoms with E-state index >= 15 is 0 Å². The van der Waals surface area contributed by atoms with E-state index in [1.807, 2.05) is 0 Å². The van der Waals surface area contributed by atoms with Gasteiger partial charge in [0.25, 0.3) is 0 Å². The van der Waals surface area contributed by atoms with Crippen LogP contribution in [0.4, 0.5) is 0 Å². The standard InChI is InChI=1S/C76H136O6/c1-4-7-10-13-16-19-22-24-26-28-30-32-33-34-35-36-37-38-39-40-41-42-43-45-46-48-50-52-54-57-60-63-66-69-75(78)81-72-73(71-80-74(77)68-65-62-59-56-21-18-15-12-9-6-3)82-76(79)70-67-64-61-58-55-53-51-49-47-44-31-29-27-25-23-20-17-14-11-8-5-2/h7,10,12,15-16,19,24,26,30,32,34-35,73H,4-6,8-9,11,13-14,17-18,20-23,25,27-29,31,33,36-72H2,1-3H3/b10-7-,15-12-,19-16-,26-24-,32-30-,35-34-. The molecule has 0 amide bonds. The summed E-state index contributed by atoms with van der Waals surface area (Å²) >= 11 is 0. The number of unbranched alkanes of at least 4 members (excludes halogenated alkanes) is 43. The van der Waals surface area contributed by atoms with E-state index in [2.05, 4.69) is 93.7 Å². The van der Waals surface area contributed by atoms with Gasteiger partial charge in [0, 0.05) is 19.3 Å². The van der Waals surface area contributed by atoms with E-state index in [0.29, 0.717) is 19.3 Å². The molecule has 6 heteroatoms. The summed E-state index contributed by atoms with van der Waals surface area (Å²) in [5, 5.41) is 0. The van der Waals surface area contributed by atoms with Crippen molar-refractivity contribution in [2.24, 2.45) is 0 Å². The van der Waals surface area contributed by atoms with Crippen molar-refractivity contribution in [3.63, 3.8) is 0 Å². The van der Waals surface area contributed by atoms with Crippen molar-refractivity contribution in [2.45, 2.75) is 380 Å². The molecule has 0 aliphatic carbocycles. The highest BCUT2D eigenvalue weighted by Gasteiger charge is 2.19. The molecule has 0 spiro atoms. The number of esters is 3. The molecule has 0 aromatic rings. The Morgan fingerprint density at radius 1 is 0.256 bits per heavy atom. The highest BCUT2D eigenvalue weighted by molar-refractivity contribution is 5.71. The maximum absolute atomic E-state index is 12.9. The van der Waals surface area contributed by atoms with Gasteiger partial charge >= 0.3 is 17.9 Å². The average molecular weight is 1150 g/mol. The molecular formula is C76H136O6. The number of carbonyl (C=O) groups is 3. The molecule has 82 heavy (non-hydrogen) atoms. The first-order valence-corrected chi connectivity index (χ1v) is 35.9. The van der Waals surface area contributed by atoms with Gasteiger partial charge in [-0.3, -0.25) is 14.4 Å². The maximum Gasteiger partial charge on any atom is 0.306 e. The number of allylic oxidation sites excluding steroid dienone is 12. The summed E-state index contributed by atoms with van der Waals surface area (Å²) < 4.78 is 16.9. The minimum atomic E-state index is -0.775. The lowest BCUT2D eigenvalue weighted by atomic mass is 10.0. The number of ether oxygens (including phenoxy) is 3. The minimum absolute atomic E-state index is 0.0721. The molecule has 476 valence electrons. The summed E-state index contributed by atoms with van der Waals surface area (Å²) in [6.45, 7) is 6.52. The van der Waals surface area contributed by atoms with Gasteiger partial charge in [0.15, 0.2) is 6.10 Å². The normalized spacial score (nSPS) is 12.5. The van der Waals surface area contributed by atoms with Crippen molar-refractivity contribution in [1.29, 1.82) is 0 Å². The van der Waals surface area contributed by atoms with Crippen LogP contribution in [0.2, 0.25) is 0 Å². The Hall–Kier alpha value is -3.15. The Kier molecular flexibility index (Phi) is 67.6. The molecule has 0 fully saturated rings. The van der Waals surface area contributed by atoms with Gasteiger partial charge in [0.1, 0.15) is 13.2 Å². The Morgan fingerprint density at radius 2 is 0.500 bits per heavy atom. The fraction of sp³-hybridized carbons (Fsp3) is 0.803. The monoisotopic (exact) mass is 1150 g/mol. The molecule has 0 aromatic heterocycles. The zero-order valence-corrected chi connectivity index (χ0v) is 54.8. The number of carbonyl (C=O) groups excluding carboxylic acids is 3. The fourth-order valence-electron chi connectivity index (χ4n) is 10.6. The molecule has 0 saturated heterocycles. The molecule has 0 aliphatic heterocycles. The zero-order valence-electron chi connectivity index (χ0n) is 54.8. The van der Waals surface area contributed by atoms with Gasteiger partial charge in [-0.2, -0.15) is 0 Å². The van der Waals surface area contributed by atoms with Crippen molar-refractivity contribution >= 4 is 17.9 Å². The topological polar surface area (TPSA) is 78.9 Å². The summed E-state index contributed by atoms with van der Waals surface area (Å²) in [4.78, 5) is 38.3. The first kappa shape index (κ1) is 78.8. The Morgan fingerprint density at radius 3 is 0.805 bits per heavy atom. The second-order valence-corrected chi connectivity index (χ2v) is 24.1. The van der Waals surface area contributed by atoms with Gasteiger partial charge < -0.3 is 14.2 Å². The van der Waals surface area contributed by atoms with Gasteiger partial charge in [-0.15, -0.1) is 0 Å². The van der Waals surface area contributed by atoms with Crippen molar-refractivity contribution in [1.82, 2.24) is 0 Å². The summed E-state index contributed by atoms with van der Waals surface area (Å²) in [6, 6.07) is 0. The van der Waals surface area contributed by atoms with Crippen LogP contribution < -0.4 is 0 Å². The Balaban J connectivity index is 4.10. The van der Waals surface area contributed by atoms with E-state index in [-0.39, 0.29) is 31.1 Å². The van der Waals surface area contributed by atoms with Crippen molar-refractivity contribution < 1.29 is 28.6 Å². The van der Waals surface area contributed by atoms with Crippen LogP contribution >= 0.6 is 0 Å². The predicted molar refractivity (Wildman–Crippen MR) is 358 cm³/mol. The summed E-state index contributed by atoms with van der Waals surface area (Å²) in [5.74, 6) is -0.859. The highest BCUT2D eigenvalue weighted by atomic mass is 16.6. The molecular weight excluding hydrogens is 1010 g/mol. The molecule has 0 N–H and O–H groups in total. The molecule has 0 aliphatic rings. The van der Waals surface area contributed by atoms with Gasteiger partial charge in [-0.1, -0.05) is 344 Å². The van der Waals surface area contributed by atoms with E-state index < -0.39 is 6.10 Å². The molecule has 0 radical (unpaired) electrons. The third-order valence-corrected chi connectivity index (χ3v) is 15.9. The van der Waals surface area contributed by atoms with E-state index in [4.69, 9.17) is 14.2 Å². The van der Waals surface area contributed by atoms with Crippen LogP contribution in [0.15, 0.2) is 72.9 Å². The summed E-state index contributed by atoms with van der Waals surface area (Å²) in [7, 11) is 0. The smallest absolute Gasteiger partial charge is 0.306 e. The number of hydrogen-bond donors (Lipinski definition) is 0. The second-order valence-electron chi connectivity index (χ2n) is 24.1. The number of hydrogen-bond acceptors (Lipinski definition) is 6. The van der Waals surface area contributed by atoms with Crippen LogP contribution in [0.5, 0.6) is 0 Å². The lowest BCUT2D eigenvalue weighted by Gasteiger charge is -2.18. The van der Waals surface area contributed by atoms with Crippen LogP contribution in [0, 0.1) is 0 Å². The van der Waals surface area contributed by atoms with Crippen LogP contribution in [0.25, 0.3) is 0 Å². The van der Waals surface area contributed by atoms with Crippen LogP contribution in [0.1, 0.15) is 374 Å². The van der Waals surface area contributed by atoms with E-state index in [9.17, 15) is 14.4 Å². The lowest BCUT2D eigenvalue weighted by molar-refractivity contribution is -0.167. The quantitative estimate of drug-likeness (QED) is 0.0261. The minimum Gasteiger partial charge on any atom is -0.462 e. The van der Waals surface area contributed by atoms with E-state index in [0.717, 1.165) is 103 Å². The molecule has 0 saturated carbocycles. The van der Waals surface area contributed by atoms with E-state index in [1.165, 1.54) is 231 Å². The molecule has 0 heterocycles. The van der Waals surface area contributed by atoms with Gasteiger partial charge in [0.05, 0.1) is 0 Å². The van der Waals surface area contributed by atoms with Gasteiger partial charge in [-0.25, -0.2) is 0 Å². The Bertz CT molecular complexity index is 1500. The third kappa shape index (κ3) is 67.6. The lowest BCUT2D eigenvalue weighted by Crippen LogP contribution is -2.30. The SMILES string of the molecule is CC/C=C\C/C=C\C/C=C\C/C=C\C/C=C\CCCCCCCCCCCCCCCCCCCC(=O)OCC(COC(=O)CCCCCCC/C=C\CCC)OC(=O)CCCCCCCCCCCCCCCCCCCCCCC. The average Bonchev–Trinajstić information content (AvgIpc) is 3.48. The first-order chi connectivity index (χ1) is 40.5. The molecule has 0 aromatic carbocycles. The molecule has 0 rings (SSSR count). The third-order valence-electron chi connectivity index (χ3n) is 15.9. The first-order valence-electron chi connectivity index (χ1n) is 35.9. The predicted octanol–water partition coefficient (Wildman–Crippen LogP) is 24.8. The van der Waals surface area contributed by atoms with E-state index in [1.54, 1.807) is 0 Å². The summed E-state index contributed by atoms with van der Waals surface area (Å²) in [5.41, 5.74) is 0. The number of rotatable bonds is 66.